The van der Waals surface area contributed by atoms with Gasteiger partial charge in [0.15, 0.2) is 0 Å². The lowest BCUT2D eigenvalue weighted by atomic mass is 10.1. The zero-order valence-corrected chi connectivity index (χ0v) is 19.9. The lowest BCUT2D eigenvalue weighted by Gasteiger charge is -2.04. The molecule has 1 heterocycles. The number of hydrogen-bond acceptors (Lipinski definition) is 5. The number of carbonyl (C=O) groups is 2. The molecule has 0 fully saturated rings. The first-order valence-corrected chi connectivity index (χ1v) is 12.7. The minimum absolute atomic E-state index is 0.244. The van der Waals surface area contributed by atoms with E-state index in [9.17, 15) is 9.59 Å². The van der Waals surface area contributed by atoms with E-state index in [1.54, 1.807) is 24.3 Å². The summed E-state index contributed by atoms with van der Waals surface area (Å²) < 4.78 is 0. The molecule has 0 unspecified atom stereocenters. The van der Waals surface area contributed by atoms with Gasteiger partial charge in [-0.15, -0.1) is 11.8 Å². The Morgan fingerprint density at radius 2 is 1.44 bits per heavy atom. The zero-order chi connectivity index (χ0) is 22.9. The molecule has 0 aliphatic rings. The van der Waals surface area contributed by atoms with Crippen molar-refractivity contribution < 1.29 is 9.59 Å². The molecule has 0 radical (unpaired) electrons. The molecule has 1 amide bonds. The van der Waals surface area contributed by atoms with Gasteiger partial charge in [-0.1, -0.05) is 64.7 Å². The minimum atomic E-state index is -0.379. The number of rotatable bonds is 16. The van der Waals surface area contributed by atoms with Crippen LogP contribution in [0.1, 0.15) is 91.8 Å². The summed E-state index contributed by atoms with van der Waals surface area (Å²) in [6, 6.07) is 10.7. The fraction of sp³-hybridized carbons (Fsp3) is 0.462. The summed E-state index contributed by atoms with van der Waals surface area (Å²) in [6.45, 7) is 2.26. The molecule has 2 rings (SSSR count). The quantitative estimate of drug-likeness (QED) is 0.101. The van der Waals surface area contributed by atoms with Crippen LogP contribution >= 0.6 is 11.8 Å². The summed E-state index contributed by atoms with van der Waals surface area (Å²) in [5.41, 5.74) is 3.34. The van der Waals surface area contributed by atoms with Crippen molar-refractivity contribution in [1.82, 2.24) is 10.4 Å². The standard InChI is InChI=1S/C26H35N3O2S/c1-2-3-4-5-6-7-8-9-10-11-20-32-24-14-12-22(13-15-24)25(30)21-28-29-26(31)23-16-18-27-19-17-23/h12-19,21H,2-11,20H2,1H3,(H,29,31)/b28-21+. The maximum Gasteiger partial charge on any atom is 0.271 e. The monoisotopic (exact) mass is 453 g/mol. The van der Waals surface area contributed by atoms with Crippen molar-refractivity contribution >= 4 is 29.7 Å². The van der Waals surface area contributed by atoms with E-state index < -0.39 is 0 Å². The highest BCUT2D eigenvalue weighted by Gasteiger charge is 2.05. The second-order valence-electron chi connectivity index (χ2n) is 7.85. The number of Topliss-reactive ketones (excluding diaryl/α,β-unsaturated/α-hetero) is 1. The van der Waals surface area contributed by atoms with Crippen molar-refractivity contribution in [2.45, 2.75) is 76.0 Å². The van der Waals surface area contributed by atoms with Gasteiger partial charge < -0.3 is 0 Å². The largest absolute Gasteiger partial charge is 0.287 e. The Morgan fingerprint density at radius 3 is 2.06 bits per heavy atom. The second-order valence-corrected chi connectivity index (χ2v) is 9.02. The van der Waals surface area contributed by atoms with Gasteiger partial charge in [0.05, 0.1) is 6.21 Å². The molecule has 0 saturated carbocycles. The molecule has 1 aromatic carbocycles. The number of carbonyl (C=O) groups excluding carboxylic acids is 2. The number of nitrogens with one attached hydrogen (secondary N) is 1. The predicted octanol–water partition coefficient (Wildman–Crippen LogP) is 6.69. The topological polar surface area (TPSA) is 71.4 Å². The Hall–Kier alpha value is -2.47. The van der Waals surface area contributed by atoms with Gasteiger partial charge >= 0.3 is 0 Å². The van der Waals surface area contributed by atoms with Crippen molar-refractivity contribution in [2.75, 3.05) is 5.75 Å². The predicted molar refractivity (Wildman–Crippen MR) is 134 cm³/mol. The van der Waals surface area contributed by atoms with E-state index in [-0.39, 0.29) is 11.7 Å². The van der Waals surface area contributed by atoms with Crippen LogP contribution in [0.3, 0.4) is 0 Å². The molecule has 0 aliphatic heterocycles. The number of ketones is 1. The lowest BCUT2D eigenvalue weighted by Crippen LogP contribution is -2.18. The number of hydrogen-bond donors (Lipinski definition) is 1. The van der Waals surface area contributed by atoms with Crippen LogP contribution in [-0.2, 0) is 0 Å². The number of hydrazone groups is 1. The van der Waals surface area contributed by atoms with Crippen LogP contribution in [0.25, 0.3) is 0 Å². The summed E-state index contributed by atoms with van der Waals surface area (Å²) in [5, 5.41) is 3.76. The van der Waals surface area contributed by atoms with Gasteiger partial charge in [-0.25, -0.2) is 5.43 Å². The lowest BCUT2D eigenvalue weighted by molar-refractivity contribution is 0.0955. The average Bonchev–Trinajstić information content (AvgIpc) is 2.83. The number of amides is 1. The van der Waals surface area contributed by atoms with E-state index in [1.165, 1.54) is 81.5 Å². The van der Waals surface area contributed by atoms with E-state index >= 15 is 0 Å². The number of unbranched alkanes of at least 4 members (excludes halogenated alkanes) is 9. The van der Waals surface area contributed by atoms with Crippen molar-refractivity contribution in [3.63, 3.8) is 0 Å². The van der Waals surface area contributed by atoms with Crippen LogP contribution in [0, 0.1) is 0 Å². The Kier molecular flexibility index (Phi) is 13.1. The number of thioether (sulfide) groups is 1. The molecule has 1 aromatic heterocycles. The molecule has 1 N–H and O–H groups in total. The molecule has 0 saturated heterocycles. The first kappa shape index (κ1) is 25.8. The molecule has 32 heavy (non-hydrogen) atoms. The molecule has 172 valence electrons. The van der Waals surface area contributed by atoms with Crippen molar-refractivity contribution in [1.29, 1.82) is 0 Å². The molecular formula is C26H35N3O2S. The van der Waals surface area contributed by atoms with Gasteiger partial charge in [0.25, 0.3) is 5.91 Å². The van der Waals surface area contributed by atoms with E-state index in [0.29, 0.717) is 11.1 Å². The van der Waals surface area contributed by atoms with E-state index in [2.05, 4.69) is 22.4 Å². The Balaban J connectivity index is 1.58. The molecule has 6 heteroatoms. The normalized spacial score (nSPS) is 11.0. The Morgan fingerprint density at radius 1 is 0.844 bits per heavy atom. The molecule has 2 aromatic rings. The van der Waals surface area contributed by atoms with Crippen LogP contribution in [0.2, 0.25) is 0 Å². The van der Waals surface area contributed by atoms with Crippen LogP contribution in [0.5, 0.6) is 0 Å². The zero-order valence-electron chi connectivity index (χ0n) is 19.1. The van der Waals surface area contributed by atoms with Crippen molar-refractivity contribution in [3.8, 4) is 0 Å². The van der Waals surface area contributed by atoms with Crippen LogP contribution in [-0.4, -0.2) is 28.6 Å². The molecule has 0 atom stereocenters. The summed E-state index contributed by atoms with van der Waals surface area (Å²) in [6.07, 6.45) is 17.7. The Bertz CT molecular complexity index is 823. The third kappa shape index (κ3) is 10.7. The van der Waals surface area contributed by atoms with Gasteiger partial charge in [-0.2, -0.15) is 5.10 Å². The molecule has 5 nitrogen and oxygen atoms in total. The second kappa shape index (κ2) is 16.2. The minimum Gasteiger partial charge on any atom is -0.287 e. The summed E-state index contributed by atoms with van der Waals surface area (Å²) in [4.78, 5) is 29.1. The van der Waals surface area contributed by atoms with Crippen LogP contribution < -0.4 is 5.43 Å². The molecule has 0 aliphatic carbocycles. The van der Waals surface area contributed by atoms with E-state index in [0.717, 1.165) is 12.0 Å². The fourth-order valence-corrected chi connectivity index (χ4v) is 4.20. The molecule has 0 spiro atoms. The van der Waals surface area contributed by atoms with E-state index in [1.807, 2.05) is 23.9 Å². The summed E-state index contributed by atoms with van der Waals surface area (Å²) >= 11 is 1.83. The van der Waals surface area contributed by atoms with Gasteiger partial charge in [-0.3, -0.25) is 14.6 Å². The van der Waals surface area contributed by atoms with Crippen LogP contribution in [0.4, 0.5) is 0 Å². The number of benzene rings is 1. The SMILES string of the molecule is CCCCCCCCCCCCSc1ccc(C(=O)/C=N/NC(=O)c2ccncc2)cc1. The smallest absolute Gasteiger partial charge is 0.271 e. The first-order chi connectivity index (χ1) is 15.7. The van der Waals surface area contributed by atoms with Crippen LogP contribution in [0.15, 0.2) is 58.8 Å². The summed E-state index contributed by atoms with van der Waals surface area (Å²) in [5.74, 6) is 0.480. The summed E-state index contributed by atoms with van der Waals surface area (Å²) in [7, 11) is 0. The van der Waals surface area contributed by atoms with Crippen molar-refractivity contribution in [2.24, 2.45) is 5.10 Å². The number of aromatic nitrogens is 1. The van der Waals surface area contributed by atoms with Crippen molar-refractivity contribution in [3.05, 3.63) is 59.9 Å². The molecular weight excluding hydrogens is 418 g/mol. The van der Waals surface area contributed by atoms with Gasteiger partial charge in [0, 0.05) is 28.4 Å². The number of nitrogens with zero attached hydrogens (tertiary/aromatic N) is 2. The van der Waals surface area contributed by atoms with E-state index in [4.69, 9.17) is 0 Å². The highest BCUT2D eigenvalue weighted by atomic mass is 32.2. The third-order valence-corrected chi connectivity index (χ3v) is 6.29. The average molecular weight is 454 g/mol. The van der Waals surface area contributed by atoms with Gasteiger partial charge in [0.2, 0.25) is 5.78 Å². The third-order valence-electron chi connectivity index (χ3n) is 5.20. The van der Waals surface area contributed by atoms with Gasteiger partial charge in [0.1, 0.15) is 0 Å². The fourth-order valence-electron chi connectivity index (χ4n) is 3.29. The van der Waals surface area contributed by atoms with Gasteiger partial charge in [-0.05, 0) is 48.6 Å². The number of pyridine rings is 1. The first-order valence-electron chi connectivity index (χ1n) is 11.7. The highest BCUT2D eigenvalue weighted by Crippen LogP contribution is 2.21. The Labute approximate surface area is 196 Å². The highest BCUT2D eigenvalue weighted by molar-refractivity contribution is 7.99. The molecule has 0 bridgehead atoms. The maximum absolute atomic E-state index is 12.2. The maximum atomic E-state index is 12.2.